The molecule has 3 aliphatic heterocycles. The Labute approximate surface area is 182 Å². The van der Waals surface area contributed by atoms with Crippen molar-refractivity contribution in [1.29, 1.82) is 0 Å². The maximum Gasteiger partial charge on any atom is 0.0426 e. The van der Waals surface area contributed by atoms with Crippen molar-refractivity contribution in [2.45, 2.75) is 32.1 Å². The lowest BCUT2D eigenvalue weighted by Gasteiger charge is -2.36. The van der Waals surface area contributed by atoms with Gasteiger partial charge < -0.3 is 9.80 Å². The van der Waals surface area contributed by atoms with E-state index in [0.29, 0.717) is 0 Å². The second kappa shape index (κ2) is 11.1. The number of benzene rings is 1. The van der Waals surface area contributed by atoms with Crippen LogP contribution in [0.1, 0.15) is 32.1 Å². The molecule has 154 valence electrons. The van der Waals surface area contributed by atoms with Crippen molar-refractivity contribution in [3.8, 4) is 0 Å². The van der Waals surface area contributed by atoms with E-state index in [0.717, 1.165) is 29.9 Å². The lowest BCUT2D eigenvalue weighted by atomic mass is 9.84. The zero-order valence-corrected chi connectivity index (χ0v) is 18.6. The third-order valence-corrected chi connectivity index (χ3v) is 6.73. The molecule has 0 N–H and O–H groups in total. The summed E-state index contributed by atoms with van der Waals surface area (Å²) in [4.78, 5) is 7.89. The highest BCUT2D eigenvalue weighted by Gasteiger charge is 2.29. The van der Waals surface area contributed by atoms with Crippen LogP contribution < -0.4 is 4.90 Å². The lowest BCUT2D eigenvalue weighted by molar-refractivity contribution is 0.210. The molecule has 3 heterocycles. The maximum absolute atomic E-state index is 6.13. The van der Waals surface area contributed by atoms with Crippen LogP contribution in [0.15, 0.2) is 24.3 Å². The van der Waals surface area contributed by atoms with Gasteiger partial charge in [-0.3, -0.25) is 4.90 Å². The monoisotopic (exact) mass is 433 g/mol. The number of anilines is 1. The molecule has 0 radical (unpaired) electrons. The highest BCUT2D eigenvalue weighted by Crippen LogP contribution is 2.33. The molecule has 0 amide bonds. The molecule has 2 bridgehead atoms. The fraction of sp³-hybridized carbons (Fsp3) is 0.714. The summed E-state index contributed by atoms with van der Waals surface area (Å²) in [7, 11) is 0. The van der Waals surface area contributed by atoms with Crippen molar-refractivity contribution in [1.82, 2.24) is 9.80 Å². The predicted molar refractivity (Wildman–Crippen MR) is 121 cm³/mol. The quantitative estimate of drug-likeness (QED) is 0.658. The average Bonchev–Trinajstić information content (AvgIpc) is 2.95. The van der Waals surface area contributed by atoms with Gasteiger partial charge in [0.1, 0.15) is 0 Å². The van der Waals surface area contributed by atoms with E-state index in [1.165, 1.54) is 77.1 Å². The first-order valence-corrected chi connectivity index (χ1v) is 10.6. The smallest absolute Gasteiger partial charge is 0.0426 e. The molecule has 5 rings (SSSR count). The van der Waals surface area contributed by atoms with Crippen LogP contribution in [0.5, 0.6) is 0 Å². The summed E-state index contributed by atoms with van der Waals surface area (Å²) in [6, 6.07) is 8.27. The summed E-state index contributed by atoms with van der Waals surface area (Å²) < 4.78 is 0. The SMILES string of the molecule is Cl.Cl.Clc1cccc(N2CCN(CCCN3CC4CCC(CC4)C3)CC2)c1. The largest absolute Gasteiger partial charge is 0.369 e. The van der Waals surface area contributed by atoms with E-state index in [9.17, 15) is 0 Å². The van der Waals surface area contributed by atoms with E-state index in [1.807, 2.05) is 6.07 Å². The van der Waals surface area contributed by atoms with Crippen molar-refractivity contribution < 1.29 is 0 Å². The second-order valence-corrected chi connectivity index (χ2v) is 8.74. The molecule has 4 aliphatic rings. The van der Waals surface area contributed by atoms with Gasteiger partial charge in [-0.1, -0.05) is 17.7 Å². The van der Waals surface area contributed by atoms with Crippen LogP contribution in [0.2, 0.25) is 5.02 Å². The first kappa shape index (κ1) is 23.1. The molecule has 4 fully saturated rings. The van der Waals surface area contributed by atoms with Crippen LogP contribution >= 0.6 is 36.4 Å². The zero-order valence-electron chi connectivity index (χ0n) is 16.2. The Bertz CT molecular complexity index is 541. The molecule has 1 aromatic rings. The van der Waals surface area contributed by atoms with Gasteiger partial charge in [-0.25, -0.2) is 0 Å². The molecule has 27 heavy (non-hydrogen) atoms. The summed E-state index contributed by atoms with van der Waals surface area (Å²) in [5, 5.41) is 0.839. The Kier molecular flexibility index (Phi) is 9.50. The number of fused-ring (bicyclic) bond motifs is 4. The molecule has 3 saturated heterocycles. The fourth-order valence-corrected chi connectivity index (χ4v) is 5.19. The Morgan fingerprint density at radius 3 is 2.00 bits per heavy atom. The van der Waals surface area contributed by atoms with Gasteiger partial charge >= 0.3 is 0 Å². The first-order valence-electron chi connectivity index (χ1n) is 10.2. The topological polar surface area (TPSA) is 9.72 Å². The van der Waals surface area contributed by atoms with Gasteiger partial charge in [0.05, 0.1) is 0 Å². The number of piperazine rings is 1. The molecule has 0 atom stereocenters. The Morgan fingerprint density at radius 1 is 0.815 bits per heavy atom. The van der Waals surface area contributed by atoms with Crippen LogP contribution in [-0.2, 0) is 0 Å². The Morgan fingerprint density at radius 2 is 1.41 bits per heavy atom. The summed E-state index contributed by atoms with van der Waals surface area (Å²) in [6.45, 7) is 9.91. The molecule has 0 unspecified atom stereocenters. The third-order valence-electron chi connectivity index (χ3n) is 6.49. The van der Waals surface area contributed by atoms with Gasteiger partial charge in [-0.2, -0.15) is 0 Å². The van der Waals surface area contributed by atoms with Crippen molar-refractivity contribution >= 4 is 42.1 Å². The molecule has 0 aromatic heterocycles. The second-order valence-electron chi connectivity index (χ2n) is 8.31. The van der Waals surface area contributed by atoms with Crippen molar-refractivity contribution in [3.05, 3.63) is 29.3 Å². The van der Waals surface area contributed by atoms with Crippen molar-refractivity contribution in [3.63, 3.8) is 0 Å². The summed E-state index contributed by atoms with van der Waals surface area (Å²) in [6.07, 6.45) is 7.30. The van der Waals surface area contributed by atoms with Crippen LogP contribution in [0.25, 0.3) is 0 Å². The lowest BCUT2D eigenvalue weighted by Crippen LogP contribution is -2.47. The van der Waals surface area contributed by atoms with E-state index >= 15 is 0 Å². The van der Waals surface area contributed by atoms with Gasteiger partial charge in [0.15, 0.2) is 0 Å². The molecular formula is C21H34Cl3N3. The van der Waals surface area contributed by atoms with Gasteiger partial charge in [-0.15, -0.1) is 24.8 Å². The van der Waals surface area contributed by atoms with Gasteiger partial charge in [0, 0.05) is 50.0 Å². The highest BCUT2D eigenvalue weighted by atomic mass is 35.5. The minimum Gasteiger partial charge on any atom is -0.369 e. The number of nitrogens with zero attached hydrogens (tertiary/aromatic N) is 3. The molecule has 1 aromatic carbocycles. The van der Waals surface area contributed by atoms with Crippen LogP contribution in [0, 0.1) is 11.8 Å². The highest BCUT2D eigenvalue weighted by molar-refractivity contribution is 6.30. The molecule has 1 saturated carbocycles. The van der Waals surface area contributed by atoms with E-state index < -0.39 is 0 Å². The van der Waals surface area contributed by atoms with Crippen LogP contribution in [0.4, 0.5) is 5.69 Å². The van der Waals surface area contributed by atoms with E-state index in [4.69, 9.17) is 11.6 Å². The predicted octanol–water partition coefficient (Wildman–Crippen LogP) is 4.82. The Hall–Kier alpha value is -0.190. The Balaban J connectivity index is 0.00000131. The van der Waals surface area contributed by atoms with E-state index in [1.54, 1.807) is 0 Å². The van der Waals surface area contributed by atoms with Gasteiger partial charge in [0.25, 0.3) is 0 Å². The van der Waals surface area contributed by atoms with E-state index in [-0.39, 0.29) is 24.8 Å². The molecular weight excluding hydrogens is 401 g/mol. The summed E-state index contributed by atoms with van der Waals surface area (Å²) >= 11 is 6.13. The fourth-order valence-electron chi connectivity index (χ4n) is 5.00. The van der Waals surface area contributed by atoms with Crippen LogP contribution in [-0.4, -0.2) is 62.2 Å². The molecule has 1 aliphatic carbocycles. The van der Waals surface area contributed by atoms with E-state index in [2.05, 4.69) is 32.9 Å². The third kappa shape index (κ3) is 6.40. The van der Waals surface area contributed by atoms with Crippen molar-refractivity contribution in [2.24, 2.45) is 11.8 Å². The number of rotatable bonds is 5. The molecule has 0 spiro atoms. The average molecular weight is 435 g/mol. The summed E-state index contributed by atoms with van der Waals surface area (Å²) in [5.41, 5.74) is 1.27. The summed E-state index contributed by atoms with van der Waals surface area (Å²) in [5.74, 6) is 2.00. The standard InChI is InChI=1S/C21H32ClN3.2ClH/c22-20-3-1-4-21(15-20)25-13-11-23(12-14-25)9-2-10-24-16-18-5-6-19(17-24)8-7-18;;/h1,3-4,15,18-19H,2,5-14,16-17H2;2*1H. The number of halogens is 3. The van der Waals surface area contributed by atoms with Crippen molar-refractivity contribution in [2.75, 3.05) is 57.3 Å². The van der Waals surface area contributed by atoms with Gasteiger partial charge in [-0.05, 0) is 75.2 Å². The van der Waals surface area contributed by atoms with Gasteiger partial charge in [0.2, 0.25) is 0 Å². The van der Waals surface area contributed by atoms with Crippen LogP contribution in [0.3, 0.4) is 0 Å². The zero-order chi connectivity index (χ0) is 17.1. The molecule has 3 nitrogen and oxygen atoms in total. The maximum atomic E-state index is 6.13. The minimum atomic E-state index is 0. The normalized spacial score (nSPS) is 26.2. The number of hydrogen-bond donors (Lipinski definition) is 0. The molecule has 6 heteroatoms. The first-order chi connectivity index (χ1) is 12.3. The number of hydrogen-bond acceptors (Lipinski definition) is 3. The minimum absolute atomic E-state index is 0.